The maximum atomic E-state index is 4.52. The highest BCUT2D eigenvalue weighted by Crippen LogP contribution is 2.22. The molecule has 0 saturated heterocycles. The molecular formula is C14H18N4S. The van der Waals surface area contributed by atoms with Crippen molar-refractivity contribution in [3.63, 3.8) is 0 Å². The van der Waals surface area contributed by atoms with E-state index >= 15 is 0 Å². The van der Waals surface area contributed by atoms with E-state index in [4.69, 9.17) is 0 Å². The molecule has 100 valence electrons. The smallest absolute Gasteiger partial charge is 0.133 e. The number of hydrogen-bond acceptors (Lipinski definition) is 5. The quantitative estimate of drug-likeness (QED) is 0.878. The molecule has 0 aliphatic heterocycles. The zero-order valence-electron chi connectivity index (χ0n) is 11.0. The first-order chi connectivity index (χ1) is 9.33. The first kappa shape index (κ1) is 12.6. The molecule has 1 aliphatic carbocycles. The average molecular weight is 274 g/mol. The second kappa shape index (κ2) is 5.67. The van der Waals surface area contributed by atoms with Crippen LogP contribution in [0.25, 0.3) is 0 Å². The summed E-state index contributed by atoms with van der Waals surface area (Å²) in [4.78, 5) is 11.0. The van der Waals surface area contributed by atoms with E-state index in [-0.39, 0.29) is 0 Å². The van der Waals surface area contributed by atoms with E-state index < -0.39 is 0 Å². The Morgan fingerprint density at radius 1 is 1.42 bits per heavy atom. The van der Waals surface area contributed by atoms with Gasteiger partial charge in [0, 0.05) is 36.8 Å². The Hall–Kier alpha value is -1.46. The molecule has 1 aliphatic rings. The molecule has 1 saturated carbocycles. The molecule has 2 heterocycles. The minimum atomic E-state index is 0.719. The van der Waals surface area contributed by atoms with Crippen molar-refractivity contribution in [1.29, 1.82) is 0 Å². The second-order valence-electron chi connectivity index (χ2n) is 4.98. The van der Waals surface area contributed by atoms with E-state index in [9.17, 15) is 0 Å². The van der Waals surface area contributed by atoms with Gasteiger partial charge < -0.3 is 10.2 Å². The molecular weight excluding hydrogens is 256 g/mol. The Balaban J connectivity index is 1.70. The van der Waals surface area contributed by atoms with E-state index in [2.05, 4.69) is 38.7 Å². The predicted molar refractivity (Wildman–Crippen MR) is 78.3 cm³/mol. The summed E-state index contributed by atoms with van der Waals surface area (Å²) in [6.07, 6.45) is 4.47. The van der Waals surface area contributed by atoms with Gasteiger partial charge in [0.25, 0.3) is 0 Å². The van der Waals surface area contributed by atoms with Gasteiger partial charge in [-0.05, 0) is 18.9 Å². The zero-order valence-corrected chi connectivity index (χ0v) is 11.9. The standard InChI is InChI=1S/C14H18N4S/c1-18(8-13-9-19-10-17-13)14-11(3-2-6-15-14)7-16-12-4-5-12/h2-3,6,9-10,12,16H,4-5,7-8H2,1H3. The summed E-state index contributed by atoms with van der Waals surface area (Å²) < 4.78 is 0. The molecule has 1 fully saturated rings. The third-order valence-corrected chi connectivity index (χ3v) is 3.91. The Morgan fingerprint density at radius 3 is 3.05 bits per heavy atom. The minimum absolute atomic E-state index is 0.719. The van der Waals surface area contributed by atoms with E-state index in [1.165, 1.54) is 18.4 Å². The van der Waals surface area contributed by atoms with Crippen LogP contribution < -0.4 is 10.2 Å². The first-order valence-electron chi connectivity index (χ1n) is 6.58. The van der Waals surface area contributed by atoms with Gasteiger partial charge in [0.15, 0.2) is 0 Å². The minimum Gasteiger partial charge on any atom is -0.353 e. The van der Waals surface area contributed by atoms with E-state index in [1.807, 2.05) is 17.8 Å². The van der Waals surface area contributed by atoms with Crippen molar-refractivity contribution in [3.8, 4) is 0 Å². The summed E-state index contributed by atoms with van der Waals surface area (Å²) in [6, 6.07) is 4.87. The van der Waals surface area contributed by atoms with Crippen molar-refractivity contribution < 1.29 is 0 Å². The number of thiazole rings is 1. The van der Waals surface area contributed by atoms with E-state index in [0.717, 1.165) is 30.6 Å². The number of hydrogen-bond donors (Lipinski definition) is 1. The van der Waals surface area contributed by atoms with Gasteiger partial charge in [-0.3, -0.25) is 0 Å². The van der Waals surface area contributed by atoms with Crippen molar-refractivity contribution in [2.24, 2.45) is 0 Å². The maximum absolute atomic E-state index is 4.52. The topological polar surface area (TPSA) is 41.1 Å². The molecule has 0 atom stereocenters. The molecule has 0 unspecified atom stereocenters. The van der Waals surface area contributed by atoms with Gasteiger partial charge in [0.05, 0.1) is 17.7 Å². The van der Waals surface area contributed by atoms with Crippen LogP contribution in [0.4, 0.5) is 5.82 Å². The fourth-order valence-electron chi connectivity index (χ4n) is 2.09. The summed E-state index contributed by atoms with van der Waals surface area (Å²) in [5.41, 5.74) is 4.23. The fraction of sp³-hybridized carbons (Fsp3) is 0.429. The van der Waals surface area contributed by atoms with Crippen LogP contribution in [0, 0.1) is 0 Å². The maximum Gasteiger partial charge on any atom is 0.133 e. The molecule has 1 N–H and O–H groups in total. The largest absolute Gasteiger partial charge is 0.353 e. The Morgan fingerprint density at radius 2 is 2.32 bits per heavy atom. The lowest BCUT2D eigenvalue weighted by Crippen LogP contribution is -2.22. The summed E-state index contributed by atoms with van der Waals surface area (Å²) in [5.74, 6) is 1.05. The number of anilines is 1. The van der Waals surface area contributed by atoms with Crippen LogP contribution in [0.3, 0.4) is 0 Å². The van der Waals surface area contributed by atoms with E-state index in [1.54, 1.807) is 11.3 Å². The highest BCUT2D eigenvalue weighted by molar-refractivity contribution is 7.07. The molecule has 0 radical (unpaired) electrons. The van der Waals surface area contributed by atoms with E-state index in [0.29, 0.717) is 0 Å². The molecule has 2 aromatic rings. The SMILES string of the molecule is CN(Cc1cscn1)c1ncccc1CNC1CC1. The predicted octanol–water partition coefficient (Wildman–Crippen LogP) is 2.43. The average Bonchev–Trinajstić information content (AvgIpc) is 3.13. The van der Waals surface area contributed by atoms with Crippen molar-refractivity contribution in [3.05, 3.63) is 40.5 Å². The Bertz CT molecular complexity index is 522. The molecule has 5 heteroatoms. The molecule has 0 bridgehead atoms. The van der Waals surface area contributed by atoms with Crippen LogP contribution in [0.1, 0.15) is 24.1 Å². The third-order valence-electron chi connectivity index (χ3n) is 3.27. The number of rotatable bonds is 6. The van der Waals surface area contributed by atoms with Crippen LogP contribution in [0.2, 0.25) is 0 Å². The number of pyridine rings is 1. The van der Waals surface area contributed by atoms with Crippen LogP contribution >= 0.6 is 11.3 Å². The van der Waals surface area contributed by atoms with Crippen molar-refractivity contribution in [2.45, 2.75) is 32.0 Å². The van der Waals surface area contributed by atoms with Crippen molar-refractivity contribution in [1.82, 2.24) is 15.3 Å². The molecule has 19 heavy (non-hydrogen) atoms. The Labute approximate surface area is 117 Å². The molecule has 0 aromatic carbocycles. The molecule has 4 nitrogen and oxygen atoms in total. The van der Waals surface area contributed by atoms with Crippen LogP contribution in [0.15, 0.2) is 29.2 Å². The lowest BCUT2D eigenvalue weighted by atomic mass is 10.2. The molecule has 0 amide bonds. The van der Waals surface area contributed by atoms with Gasteiger partial charge in [-0.2, -0.15) is 0 Å². The number of nitrogens with zero attached hydrogens (tertiary/aromatic N) is 3. The highest BCUT2D eigenvalue weighted by atomic mass is 32.1. The highest BCUT2D eigenvalue weighted by Gasteiger charge is 2.21. The third kappa shape index (κ3) is 3.30. The summed E-state index contributed by atoms with van der Waals surface area (Å²) in [6.45, 7) is 1.70. The van der Waals surface area contributed by atoms with Gasteiger partial charge in [-0.15, -0.1) is 11.3 Å². The van der Waals surface area contributed by atoms with Crippen molar-refractivity contribution in [2.75, 3.05) is 11.9 Å². The van der Waals surface area contributed by atoms with Gasteiger partial charge >= 0.3 is 0 Å². The van der Waals surface area contributed by atoms with Gasteiger partial charge in [-0.25, -0.2) is 9.97 Å². The summed E-state index contributed by atoms with van der Waals surface area (Å²) in [5, 5.41) is 5.63. The molecule has 2 aromatic heterocycles. The normalized spacial score (nSPS) is 14.6. The summed E-state index contributed by atoms with van der Waals surface area (Å²) >= 11 is 1.63. The fourth-order valence-corrected chi connectivity index (χ4v) is 2.64. The molecule has 3 rings (SSSR count). The first-order valence-corrected chi connectivity index (χ1v) is 7.52. The van der Waals surface area contributed by atoms with Gasteiger partial charge in [-0.1, -0.05) is 6.07 Å². The van der Waals surface area contributed by atoms with Crippen LogP contribution in [-0.4, -0.2) is 23.1 Å². The summed E-state index contributed by atoms with van der Waals surface area (Å²) in [7, 11) is 2.07. The Kier molecular flexibility index (Phi) is 3.75. The lowest BCUT2D eigenvalue weighted by Gasteiger charge is -2.20. The second-order valence-corrected chi connectivity index (χ2v) is 5.70. The number of aromatic nitrogens is 2. The number of nitrogens with one attached hydrogen (secondary N) is 1. The molecule has 0 spiro atoms. The zero-order chi connectivity index (χ0) is 13.1. The van der Waals surface area contributed by atoms with Gasteiger partial charge in [0.1, 0.15) is 5.82 Å². The van der Waals surface area contributed by atoms with Gasteiger partial charge in [0.2, 0.25) is 0 Å². The van der Waals surface area contributed by atoms with Crippen molar-refractivity contribution >= 4 is 17.2 Å². The van der Waals surface area contributed by atoms with Crippen LogP contribution in [0.5, 0.6) is 0 Å². The lowest BCUT2D eigenvalue weighted by molar-refractivity contribution is 0.682. The van der Waals surface area contributed by atoms with Crippen LogP contribution in [-0.2, 0) is 13.1 Å². The monoisotopic (exact) mass is 274 g/mol.